The SMILES string of the molecule is CCCCCCCCCc1cc(OC)c(CCCCCCCCC=O)c(=O)o1. The van der Waals surface area contributed by atoms with Gasteiger partial charge >= 0.3 is 5.63 Å². The van der Waals surface area contributed by atoms with Gasteiger partial charge in [-0.25, -0.2) is 4.79 Å². The average molecular weight is 393 g/mol. The Morgan fingerprint density at radius 2 is 1.43 bits per heavy atom. The van der Waals surface area contributed by atoms with Gasteiger partial charge in [-0.15, -0.1) is 0 Å². The standard InChI is InChI=1S/C24H40O4/c1-3-4-5-6-8-11-14-17-21-20-23(27-2)22(24(26)28-21)18-15-12-9-7-10-13-16-19-25/h19-20H,3-18H2,1-2H3. The Bertz CT molecular complexity index is 576. The molecule has 0 fully saturated rings. The maximum absolute atomic E-state index is 12.4. The van der Waals surface area contributed by atoms with Crippen LogP contribution in [0.3, 0.4) is 0 Å². The molecule has 4 heteroatoms. The maximum Gasteiger partial charge on any atom is 0.342 e. The zero-order valence-electron chi connectivity index (χ0n) is 18.1. The Labute approximate surface area is 171 Å². The second kappa shape index (κ2) is 16.4. The Morgan fingerprint density at radius 3 is 2.04 bits per heavy atom. The van der Waals surface area contributed by atoms with Crippen LogP contribution in [-0.4, -0.2) is 13.4 Å². The molecule has 0 atom stereocenters. The first kappa shape index (κ1) is 24.5. The summed E-state index contributed by atoms with van der Waals surface area (Å²) in [5, 5.41) is 0. The van der Waals surface area contributed by atoms with Crippen molar-refractivity contribution in [2.24, 2.45) is 0 Å². The van der Waals surface area contributed by atoms with Crippen molar-refractivity contribution in [3.05, 3.63) is 27.8 Å². The summed E-state index contributed by atoms with van der Waals surface area (Å²) in [6.07, 6.45) is 18.3. The fourth-order valence-corrected chi connectivity index (χ4v) is 3.57. The van der Waals surface area contributed by atoms with Crippen LogP contribution in [0.15, 0.2) is 15.3 Å². The maximum atomic E-state index is 12.4. The molecule has 0 amide bonds. The Morgan fingerprint density at radius 1 is 0.857 bits per heavy atom. The molecular weight excluding hydrogens is 352 g/mol. The van der Waals surface area contributed by atoms with Gasteiger partial charge in [0.1, 0.15) is 17.8 Å². The van der Waals surface area contributed by atoms with Gasteiger partial charge in [0, 0.05) is 18.9 Å². The minimum atomic E-state index is -0.233. The van der Waals surface area contributed by atoms with Gasteiger partial charge in [-0.05, 0) is 25.7 Å². The van der Waals surface area contributed by atoms with Gasteiger partial charge < -0.3 is 13.9 Å². The zero-order chi connectivity index (χ0) is 20.5. The number of hydrogen-bond donors (Lipinski definition) is 0. The van der Waals surface area contributed by atoms with Gasteiger partial charge in [0.05, 0.1) is 12.7 Å². The normalized spacial score (nSPS) is 10.9. The van der Waals surface area contributed by atoms with Crippen LogP contribution in [0, 0.1) is 0 Å². The van der Waals surface area contributed by atoms with Crippen molar-refractivity contribution in [3.8, 4) is 5.75 Å². The van der Waals surface area contributed by atoms with Crippen molar-refractivity contribution in [1.29, 1.82) is 0 Å². The van der Waals surface area contributed by atoms with E-state index >= 15 is 0 Å². The Balaban J connectivity index is 2.35. The number of methoxy groups -OCH3 is 1. The van der Waals surface area contributed by atoms with Crippen molar-refractivity contribution in [1.82, 2.24) is 0 Å². The van der Waals surface area contributed by atoms with Crippen LogP contribution in [0.5, 0.6) is 5.75 Å². The average Bonchev–Trinajstić information content (AvgIpc) is 2.70. The van der Waals surface area contributed by atoms with Gasteiger partial charge in [-0.2, -0.15) is 0 Å². The number of unbranched alkanes of at least 4 members (excludes halogenated alkanes) is 12. The summed E-state index contributed by atoms with van der Waals surface area (Å²) < 4.78 is 11.0. The van der Waals surface area contributed by atoms with Crippen LogP contribution in [-0.2, 0) is 17.6 Å². The fourth-order valence-electron chi connectivity index (χ4n) is 3.57. The van der Waals surface area contributed by atoms with Crippen molar-refractivity contribution in [2.75, 3.05) is 7.11 Å². The van der Waals surface area contributed by atoms with Gasteiger partial charge in [0.25, 0.3) is 0 Å². The van der Waals surface area contributed by atoms with Crippen molar-refractivity contribution in [3.63, 3.8) is 0 Å². The van der Waals surface area contributed by atoms with E-state index in [1.807, 2.05) is 6.07 Å². The molecule has 0 aliphatic carbocycles. The van der Waals surface area contributed by atoms with E-state index in [-0.39, 0.29) is 5.63 Å². The topological polar surface area (TPSA) is 56.5 Å². The highest BCUT2D eigenvalue weighted by molar-refractivity contribution is 5.48. The predicted molar refractivity (Wildman–Crippen MR) is 115 cm³/mol. The fraction of sp³-hybridized carbons (Fsp3) is 0.750. The molecular formula is C24H40O4. The number of carbonyl (C=O) groups excluding carboxylic acids is 1. The van der Waals surface area contributed by atoms with Gasteiger partial charge in [0.2, 0.25) is 0 Å². The first-order chi connectivity index (χ1) is 13.7. The summed E-state index contributed by atoms with van der Waals surface area (Å²) in [5.74, 6) is 1.43. The molecule has 1 rings (SSSR count). The minimum Gasteiger partial charge on any atom is -0.496 e. The molecule has 28 heavy (non-hydrogen) atoms. The summed E-state index contributed by atoms with van der Waals surface area (Å²) in [5.41, 5.74) is 0.440. The molecule has 1 aromatic rings. The molecule has 0 aromatic carbocycles. The smallest absolute Gasteiger partial charge is 0.342 e. The van der Waals surface area contributed by atoms with Crippen LogP contribution >= 0.6 is 0 Å². The molecule has 0 radical (unpaired) electrons. The van der Waals surface area contributed by atoms with E-state index in [1.54, 1.807) is 7.11 Å². The molecule has 0 saturated carbocycles. The molecule has 0 aliphatic rings. The molecule has 0 saturated heterocycles. The van der Waals surface area contributed by atoms with Crippen LogP contribution in [0.4, 0.5) is 0 Å². The van der Waals surface area contributed by atoms with Crippen LogP contribution < -0.4 is 10.4 Å². The van der Waals surface area contributed by atoms with Gasteiger partial charge in [-0.1, -0.05) is 71.1 Å². The van der Waals surface area contributed by atoms with E-state index in [0.717, 1.165) is 63.4 Å². The lowest BCUT2D eigenvalue weighted by Gasteiger charge is -2.09. The summed E-state index contributed by atoms with van der Waals surface area (Å²) in [4.78, 5) is 22.7. The molecule has 0 bridgehead atoms. The van der Waals surface area contributed by atoms with Crippen LogP contribution in [0.2, 0.25) is 0 Å². The molecule has 1 aromatic heterocycles. The quantitative estimate of drug-likeness (QED) is 0.214. The molecule has 1 heterocycles. The first-order valence-corrected chi connectivity index (χ1v) is 11.4. The zero-order valence-corrected chi connectivity index (χ0v) is 18.1. The molecule has 4 nitrogen and oxygen atoms in total. The number of aryl methyl sites for hydroxylation is 1. The Hall–Kier alpha value is -1.58. The summed E-state index contributed by atoms with van der Waals surface area (Å²) in [6, 6.07) is 1.91. The highest BCUT2D eigenvalue weighted by Gasteiger charge is 2.12. The largest absolute Gasteiger partial charge is 0.496 e. The lowest BCUT2D eigenvalue weighted by atomic mass is 10.0. The van der Waals surface area contributed by atoms with E-state index in [4.69, 9.17) is 9.15 Å². The number of aldehydes is 1. The number of rotatable bonds is 18. The molecule has 160 valence electrons. The van der Waals surface area contributed by atoms with E-state index < -0.39 is 0 Å². The third-order valence-electron chi connectivity index (χ3n) is 5.31. The van der Waals surface area contributed by atoms with Gasteiger partial charge in [0.15, 0.2) is 0 Å². The van der Waals surface area contributed by atoms with Crippen molar-refractivity contribution >= 4 is 6.29 Å². The molecule has 0 spiro atoms. The number of hydrogen-bond acceptors (Lipinski definition) is 4. The van der Waals surface area contributed by atoms with Crippen LogP contribution in [0.1, 0.15) is 108 Å². The van der Waals surface area contributed by atoms with E-state index in [2.05, 4.69) is 6.92 Å². The summed E-state index contributed by atoms with van der Waals surface area (Å²) >= 11 is 0. The second-order valence-electron chi connectivity index (χ2n) is 7.75. The minimum absolute atomic E-state index is 0.233. The molecule has 0 unspecified atom stereocenters. The van der Waals surface area contributed by atoms with E-state index in [1.165, 1.54) is 38.5 Å². The molecule has 0 N–H and O–H groups in total. The number of ether oxygens (including phenoxy) is 1. The predicted octanol–water partition coefficient (Wildman–Crippen LogP) is 6.41. The summed E-state index contributed by atoms with van der Waals surface area (Å²) in [6.45, 7) is 2.23. The Kier molecular flexibility index (Phi) is 14.3. The third kappa shape index (κ3) is 10.7. The van der Waals surface area contributed by atoms with E-state index in [9.17, 15) is 9.59 Å². The lowest BCUT2D eigenvalue weighted by Crippen LogP contribution is -2.11. The second-order valence-corrected chi connectivity index (χ2v) is 7.75. The third-order valence-corrected chi connectivity index (χ3v) is 5.31. The highest BCUT2D eigenvalue weighted by atomic mass is 16.5. The number of carbonyl (C=O) groups is 1. The molecule has 0 aliphatic heterocycles. The highest BCUT2D eigenvalue weighted by Crippen LogP contribution is 2.21. The van der Waals surface area contributed by atoms with Gasteiger partial charge in [-0.3, -0.25) is 0 Å². The van der Waals surface area contributed by atoms with Crippen LogP contribution in [0.25, 0.3) is 0 Å². The first-order valence-electron chi connectivity index (χ1n) is 11.4. The van der Waals surface area contributed by atoms with E-state index in [0.29, 0.717) is 24.2 Å². The summed E-state index contributed by atoms with van der Waals surface area (Å²) in [7, 11) is 1.63. The monoisotopic (exact) mass is 392 g/mol. The van der Waals surface area contributed by atoms with Crippen molar-refractivity contribution in [2.45, 2.75) is 110 Å². The van der Waals surface area contributed by atoms with Crippen molar-refractivity contribution < 1.29 is 13.9 Å². The lowest BCUT2D eigenvalue weighted by molar-refractivity contribution is -0.107.